The number of para-hydroxylation sites is 1. The highest BCUT2D eigenvalue weighted by Gasteiger charge is 2.66. The minimum atomic E-state index is -0.490. The minimum Gasteiger partial charge on any atom is -0.464 e. The Balaban J connectivity index is 1.40. The van der Waals surface area contributed by atoms with Crippen LogP contribution in [0, 0.1) is 0 Å². The van der Waals surface area contributed by atoms with Crippen LogP contribution >= 0.6 is 11.6 Å². The second-order valence-corrected chi connectivity index (χ2v) is 8.18. The summed E-state index contributed by atoms with van der Waals surface area (Å²) in [5.74, 6) is -0.177. The molecule has 2 unspecified atom stereocenters. The van der Waals surface area contributed by atoms with Gasteiger partial charge in [-0.2, -0.15) is 0 Å². The standard InChI is InChI=1S/C23H20ClN3O3/c1-30-21(28)19-13-26(14-25-19)10-11-27-20-5-3-2-4-17(20)23(22(27)29)12-18(23)15-6-8-16(24)9-7-15/h2-9,13-14,18H,10-12H2,1H3. The third-order valence-corrected chi connectivity index (χ3v) is 6.40. The first-order valence-corrected chi connectivity index (χ1v) is 10.2. The highest BCUT2D eigenvalue weighted by atomic mass is 35.5. The molecule has 7 heteroatoms. The lowest BCUT2D eigenvalue weighted by molar-refractivity contribution is -0.120. The van der Waals surface area contributed by atoms with Crippen molar-refractivity contribution in [2.45, 2.75) is 24.3 Å². The van der Waals surface area contributed by atoms with Crippen LogP contribution in [0.2, 0.25) is 5.02 Å². The lowest BCUT2D eigenvalue weighted by Crippen LogP contribution is -2.35. The number of halogens is 1. The van der Waals surface area contributed by atoms with Gasteiger partial charge >= 0.3 is 5.97 Å². The van der Waals surface area contributed by atoms with Crippen molar-refractivity contribution in [1.82, 2.24) is 9.55 Å². The summed E-state index contributed by atoms with van der Waals surface area (Å²) < 4.78 is 6.50. The molecule has 30 heavy (non-hydrogen) atoms. The van der Waals surface area contributed by atoms with Crippen molar-refractivity contribution < 1.29 is 14.3 Å². The molecule has 1 aliphatic heterocycles. The third-order valence-electron chi connectivity index (χ3n) is 6.15. The molecule has 5 rings (SSSR count). The Morgan fingerprint density at radius 3 is 2.73 bits per heavy atom. The van der Waals surface area contributed by atoms with Gasteiger partial charge in [-0.15, -0.1) is 0 Å². The van der Waals surface area contributed by atoms with Crippen molar-refractivity contribution in [2.75, 3.05) is 18.6 Å². The van der Waals surface area contributed by atoms with Crippen LogP contribution in [-0.4, -0.2) is 35.1 Å². The maximum absolute atomic E-state index is 13.6. The van der Waals surface area contributed by atoms with Gasteiger partial charge in [0.25, 0.3) is 0 Å². The summed E-state index contributed by atoms with van der Waals surface area (Å²) in [6, 6.07) is 15.8. The van der Waals surface area contributed by atoms with Crippen molar-refractivity contribution in [3.8, 4) is 0 Å². The Morgan fingerprint density at radius 2 is 1.97 bits per heavy atom. The number of nitrogens with zero attached hydrogens (tertiary/aromatic N) is 3. The Labute approximate surface area is 179 Å². The van der Waals surface area contributed by atoms with Crippen LogP contribution < -0.4 is 4.90 Å². The fourth-order valence-electron chi connectivity index (χ4n) is 4.58. The van der Waals surface area contributed by atoms with E-state index < -0.39 is 11.4 Å². The van der Waals surface area contributed by atoms with E-state index >= 15 is 0 Å². The number of benzene rings is 2. The first-order chi connectivity index (χ1) is 14.5. The molecule has 0 saturated heterocycles. The third kappa shape index (κ3) is 2.82. The van der Waals surface area contributed by atoms with Gasteiger partial charge in [-0.05, 0) is 35.7 Å². The van der Waals surface area contributed by atoms with Gasteiger partial charge in [-0.25, -0.2) is 9.78 Å². The van der Waals surface area contributed by atoms with Gasteiger partial charge in [-0.3, -0.25) is 4.79 Å². The summed E-state index contributed by atoms with van der Waals surface area (Å²) in [4.78, 5) is 31.1. The first-order valence-electron chi connectivity index (χ1n) is 9.81. The van der Waals surface area contributed by atoms with E-state index in [0.29, 0.717) is 18.1 Å². The highest BCUT2D eigenvalue weighted by Crippen LogP contribution is 2.66. The van der Waals surface area contributed by atoms with E-state index in [4.69, 9.17) is 16.3 Å². The summed E-state index contributed by atoms with van der Waals surface area (Å²) in [5.41, 5.74) is 2.97. The molecule has 0 radical (unpaired) electrons. The number of hydrogen-bond acceptors (Lipinski definition) is 4. The quantitative estimate of drug-likeness (QED) is 0.588. The molecule has 6 nitrogen and oxygen atoms in total. The van der Waals surface area contributed by atoms with Gasteiger partial charge in [0.2, 0.25) is 5.91 Å². The molecule has 2 heterocycles. The molecule has 152 valence electrons. The molecule has 1 aliphatic carbocycles. The number of imidazole rings is 1. The van der Waals surface area contributed by atoms with E-state index in [-0.39, 0.29) is 17.5 Å². The first kappa shape index (κ1) is 18.9. The molecule has 2 aliphatic rings. The molecule has 1 amide bonds. The Morgan fingerprint density at radius 1 is 1.20 bits per heavy atom. The Kier molecular flexibility index (Phi) is 4.40. The molecule has 2 aromatic carbocycles. The van der Waals surface area contributed by atoms with Crippen LogP contribution in [0.25, 0.3) is 0 Å². The molecule has 1 saturated carbocycles. The van der Waals surface area contributed by atoms with E-state index in [1.807, 2.05) is 47.4 Å². The second kappa shape index (κ2) is 6.99. The topological polar surface area (TPSA) is 64.4 Å². The number of hydrogen-bond donors (Lipinski definition) is 0. The van der Waals surface area contributed by atoms with Crippen LogP contribution in [-0.2, 0) is 21.5 Å². The molecule has 0 N–H and O–H groups in total. The number of anilines is 1. The second-order valence-electron chi connectivity index (χ2n) is 7.74. The van der Waals surface area contributed by atoms with Crippen molar-refractivity contribution in [3.63, 3.8) is 0 Å². The zero-order valence-corrected chi connectivity index (χ0v) is 17.2. The number of methoxy groups -OCH3 is 1. The lowest BCUT2D eigenvalue weighted by Gasteiger charge is -2.18. The normalized spacial score (nSPS) is 21.7. The maximum atomic E-state index is 13.6. The van der Waals surface area contributed by atoms with Crippen LogP contribution in [0.15, 0.2) is 61.1 Å². The summed E-state index contributed by atoms with van der Waals surface area (Å²) >= 11 is 6.04. The largest absolute Gasteiger partial charge is 0.464 e. The van der Waals surface area contributed by atoms with Crippen LogP contribution in [0.3, 0.4) is 0 Å². The molecule has 0 bridgehead atoms. The Bertz CT molecular complexity index is 1140. The Hall–Kier alpha value is -3.12. The average molecular weight is 422 g/mol. The molecular formula is C23H20ClN3O3. The van der Waals surface area contributed by atoms with Gasteiger partial charge in [0, 0.05) is 35.9 Å². The number of carbonyl (C=O) groups is 2. The minimum absolute atomic E-state index is 0.136. The summed E-state index contributed by atoms with van der Waals surface area (Å²) in [5, 5.41) is 0.694. The van der Waals surface area contributed by atoms with E-state index in [0.717, 1.165) is 23.2 Å². The number of rotatable bonds is 5. The average Bonchev–Trinajstić information content (AvgIpc) is 3.26. The molecule has 1 aromatic heterocycles. The van der Waals surface area contributed by atoms with E-state index in [1.54, 1.807) is 17.1 Å². The van der Waals surface area contributed by atoms with Crippen LogP contribution in [0.1, 0.15) is 34.0 Å². The molecular weight excluding hydrogens is 402 g/mol. The number of fused-ring (bicyclic) bond motifs is 2. The van der Waals surface area contributed by atoms with Gasteiger partial charge in [0.15, 0.2) is 5.69 Å². The highest BCUT2D eigenvalue weighted by molar-refractivity contribution is 6.30. The van der Waals surface area contributed by atoms with Gasteiger partial charge in [0.05, 0.1) is 18.9 Å². The lowest BCUT2D eigenvalue weighted by atomic mass is 9.92. The van der Waals surface area contributed by atoms with Crippen molar-refractivity contribution in [2.24, 2.45) is 0 Å². The fourth-order valence-corrected chi connectivity index (χ4v) is 4.70. The maximum Gasteiger partial charge on any atom is 0.358 e. The summed E-state index contributed by atoms with van der Waals surface area (Å²) in [7, 11) is 1.33. The van der Waals surface area contributed by atoms with E-state index in [2.05, 4.69) is 11.1 Å². The molecule has 2 atom stereocenters. The number of aromatic nitrogens is 2. The fraction of sp³-hybridized carbons (Fsp3) is 0.261. The van der Waals surface area contributed by atoms with Crippen molar-refractivity contribution in [1.29, 1.82) is 0 Å². The molecule has 1 spiro atoms. The number of ether oxygens (including phenoxy) is 1. The summed E-state index contributed by atoms with van der Waals surface area (Å²) in [6.45, 7) is 1.04. The van der Waals surface area contributed by atoms with Gasteiger partial charge in [0.1, 0.15) is 0 Å². The number of carbonyl (C=O) groups excluding carboxylic acids is 2. The summed E-state index contributed by atoms with van der Waals surface area (Å²) in [6.07, 6.45) is 4.03. The predicted octanol–water partition coefficient (Wildman–Crippen LogP) is 3.80. The molecule has 1 fully saturated rings. The zero-order valence-electron chi connectivity index (χ0n) is 16.4. The van der Waals surface area contributed by atoms with E-state index in [9.17, 15) is 9.59 Å². The number of amides is 1. The van der Waals surface area contributed by atoms with Crippen molar-refractivity contribution >= 4 is 29.2 Å². The monoisotopic (exact) mass is 421 g/mol. The van der Waals surface area contributed by atoms with Crippen molar-refractivity contribution in [3.05, 3.63) is 82.9 Å². The smallest absolute Gasteiger partial charge is 0.358 e. The van der Waals surface area contributed by atoms with Crippen LogP contribution in [0.5, 0.6) is 0 Å². The predicted molar refractivity (Wildman–Crippen MR) is 113 cm³/mol. The SMILES string of the molecule is COC(=O)c1cn(CCN2C(=O)C3(CC3c3ccc(Cl)cc3)c3ccccc32)cn1. The zero-order chi connectivity index (χ0) is 20.9. The number of esters is 1. The van der Waals surface area contributed by atoms with Crippen LogP contribution in [0.4, 0.5) is 5.69 Å². The van der Waals surface area contributed by atoms with E-state index in [1.165, 1.54) is 7.11 Å². The molecule has 3 aromatic rings. The van der Waals surface area contributed by atoms with Gasteiger partial charge < -0.3 is 14.2 Å². The van der Waals surface area contributed by atoms with Gasteiger partial charge in [-0.1, -0.05) is 41.9 Å².